The van der Waals surface area contributed by atoms with Gasteiger partial charge in [0.1, 0.15) is 5.75 Å². The van der Waals surface area contributed by atoms with E-state index in [1.165, 1.54) is 0 Å². The molecule has 3 heteroatoms. The van der Waals surface area contributed by atoms with Crippen molar-refractivity contribution in [2.75, 3.05) is 13.2 Å². The maximum atomic E-state index is 11.5. The van der Waals surface area contributed by atoms with Gasteiger partial charge in [0, 0.05) is 6.54 Å². The van der Waals surface area contributed by atoms with Crippen molar-refractivity contribution in [1.82, 2.24) is 5.32 Å². The van der Waals surface area contributed by atoms with Crippen LogP contribution in [-0.4, -0.2) is 19.1 Å². The summed E-state index contributed by atoms with van der Waals surface area (Å²) >= 11 is 0. The molecule has 18 heavy (non-hydrogen) atoms. The van der Waals surface area contributed by atoms with Crippen LogP contribution in [0.3, 0.4) is 0 Å². The van der Waals surface area contributed by atoms with Crippen LogP contribution < -0.4 is 10.1 Å². The second kappa shape index (κ2) is 7.54. The molecule has 3 nitrogen and oxygen atoms in total. The maximum absolute atomic E-state index is 11.5. The van der Waals surface area contributed by atoms with E-state index in [1.54, 1.807) is 0 Å². The van der Waals surface area contributed by atoms with Gasteiger partial charge >= 0.3 is 0 Å². The Morgan fingerprint density at radius 3 is 2.56 bits per heavy atom. The predicted molar refractivity (Wildman–Crippen MR) is 73.9 cm³/mol. The Hall–Kier alpha value is -1.77. The third-order valence-electron chi connectivity index (χ3n) is 2.43. The van der Waals surface area contributed by atoms with Gasteiger partial charge in [-0.1, -0.05) is 18.2 Å². The number of allylic oxidation sites excluding steroid dienone is 1. The molecule has 1 aromatic carbocycles. The van der Waals surface area contributed by atoms with Crippen molar-refractivity contribution in [3.05, 3.63) is 41.5 Å². The summed E-state index contributed by atoms with van der Waals surface area (Å²) in [5.74, 6) is 0.662. The predicted octanol–water partition coefficient (Wildman–Crippen LogP) is 2.76. The zero-order chi connectivity index (χ0) is 13.4. The zero-order valence-electron chi connectivity index (χ0n) is 11.3. The van der Waals surface area contributed by atoms with Crippen molar-refractivity contribution in [3.63, 3.8) is 0 Å². The normalized spacial score (nSPS) is 10.6. The van der Waals surface area contributed by atoms with Crippen molar-refractivity contribution in [3.8, 4) is 5.75 Å². The average molecular weight is 247 g/mol. The van der Waals surface area contributed by atoms with E-state index in [0.29, 0.717) is 6.54 Å². The maximum Gasteiger partial charge on any atom is 0.257 e. The number of amides is 1. The van der Waals surface area contributed by atoms with Crippen LogP contribution >= 0.6 is 0 Å². The minimum Gasteiger partial charge on any atom is -0.484 e. The molecule has 98 valence electrons. The SMILES string of the molecule is C/C=C/CCNC(=O)COc1cc(C)cc(C)c1. The van der Waals surface area contributed by atoms with E-state index in [2.05, 4.69) is 11.4 Å². The number of benzene rings is 1. The van der Waals surface area contributed by atoms with E-state index in [1.807, 2.05) is 45.1 Å². The quantitative estimate of drug-likeness (QED) is 0.620. The number of rotatable bonds is 6. The molecule has 0 aliphatic rings. The van der Waals surface area contributed by atoms with Gasteiger partial charge in [-0.2, -0.15) is 0 Å². The molecule has 0 heterocycles. The largest absolute Gasteiger partial charge is 0.484 e. The Balaban J connectivity index is 2.33. The van der Waals surface area contributed by atoms with E-state index in [0.717, 1.165) is 23.3 Å². The highest BCUT2D eigenvalue weighted by Gasteiger charge is 2.02. The fraction of sp³-hybridized carbons (Fsp3) is 0.400. The standard InChI is InChI=1S/C15H21NO2/c1-4-5-6-7-16-15(17)11-18-14-9-12(2)8-13(3)10-14/h4-5,8-10H,6-7,11H2,1-3H3,(H,16,17)/b5-4+. The van der Waals surface area contributed by atoms with E-state index >= 15 is 0 Å². The van der Waals surface area contributed by atoms with E-state index in [4.69, 9.17) is 4.74 Å². The highest BCUT2D eigenvalue weighted by Crippen LogP contribution is 2.15. The third-order valence-corrected chi connectivity index (χ3v) is 2.43. The van der Waals surface area contributed by atoms with Crippen LogP contribution in [0.15, 0.2) is 30.4 Å². The molecule has 1 rings (SSSR count). The van der Waals surface area contributed by atoms with Crippen LogP contribution in [0.2, 0.25) is 0 Å². The number of aryl methyl sites for hydroxylation is 2. The van der Waals surface area contributed by atoms with E-state index < -0.39 is 0 Å². The number of hydrogen-bond acceptors (Lipinski definition) is 2. The fourth-order valence-corrected chi connectivity index (χ4v) is 1.68. The molecule has 0 bridgehead atoms. The van der Waals surface area contributed by atoms with Crippen LogP contribution in [0.1, 0.15) is 24.5 Å². The third kappa shape index (κ3) is 5.53. The van der Waals surface area contributed by atoms with Gasteiger partial charge < -0.3 is 10.1 Å². The number of ether oxygens (including phenoxy) is 1. The van der Waals surface area contributed by atoms with Gasteiger partial charge in [-0.25, -0.2) is 0 Å². The molecule has 0 radical (unpaired) electrons. The van der Waals surface area contributed by atoms with Crippen LogP contribution in [-0.2, 0) is 4.79 Å². The summed E-state index contributed by atoms with van der Waals surface area (Å²) < 4.78 is 5.46. The van der Waals surface area contributed by atoms with Gasteiger partial charge in [0.15, 0.2) is 6.61 Å². The molecule has 0 saturated carbocycles. The van der Waals surface area contributed by atoms with Crippen molar-refractivity contribution in [1.29, 1.82) is 0 Å². The number of carbonyl (C=O) groups excluding carboxylic acids is 1. The monoisotopic (exact) mass is 247 g/mol. The summed E-state index contributed by atoms with van der Waals surface area (Å²) in [4.78, 5) is 11.5. The Bertz CT molecular complexity index is 404. The Morgan fingerprint density at radius 2 is 1.94 bits per heavy atom. The Labute approximate surface area is 109 Å². The van der Waals surface area contributed by atoms with Gasteiger partial charge in [0.25, 0.3) is 5.91 Å². The molecule has 0 unspecified atom stereocenters. The molecule has 0 atom stereocenters. The number of hydrogen-bond donors (Lipinski definition) is 1. The lowest BCUT2D eigenvalue weighted by Crippen LogP contribution is -2.29. The summed E-state index contributed by atoms with van der Waals surface area (Å²) in [7, 11) is 0. The first-order valence-electron chi connectivity index (χ1n) is 6.21. The second-order valence-corrected chi connectivity index (χ2v) is 4.32. The van der Waals surface area contributed by atoms with Crippen LogP contribution in [0.4, 0.5) is 0 Å². The van der Waals surface area contributed by atoms with E-state index in [9.17, 15) is 4.79 Å². The van der Waals surface area contributed by atoms with Gasteiger partial charge in [0.2, 0.25) is 0 Å². The molecule has 0 aliphatic heterocycles. The fourth-order valence-electron chi connectivity index (χ4n) is 1.68. The average Bonchev–Trinajstić information content (AvgIpc) is 2.31. The Kier molecular flexibility index (Phi) is 5.98. The lowest BCUT2D eigenvalue weighted by molar-refractivity contribution is -0.123. The van der Waals surface area contributed by atoms with Crippen molar-refractivity contribution in [2.45, 2.75) is 27.2 Å². The summed E-state index contributed by atoms with van der Waals surface area (Å²) in [6.45, 7) is 6.71. The highest BCUT2D eigenvalue weighted by atomic mass is 16.5. The summed E-state index contributed by atoms with van der Waals surface area (Å²) in [5, 5.41) is 2.80. The number of nitrogens with one attached hydrogen (secondary N) is 1. The van der Waals surface area contributed by atoms with Gasteiger partial charge in [-0.05, 0) is 50.5 Å². The molecule has 0 aromatic heterocycles. The van der Waals surface area contributed by atoms with Crippen molar-refractivity contribution < 1.29 is 9.53 Å². The van der Waals surface area contributed by atoms with Crippen LogP contribution in [0.25, 0.3) is 0 Å². The molecular weight excluding hydrogens is 226 g/mol. The summed E-state index contributed by atoms with van der Waals surface area (Å²) in [6.07, 6.45) is 4.84. The van der Waals surface area contributed by atoms with Crippen molar-refractivity contribution in [2.24, 2.45) is 0 Å². The van der Waals surface area contributed by atoms with E-state index in [-0.39, 0.29) is 12.5 Å². The molecule has 0 spiro atoms. The van der Waals surface area contributed by atoms with Gasteiger partial charge in [0.05, 0.1) is 0 Å². The molecule has 0 fully saturated rings. The molecule has 1 aromatic rings. The minimum absolute atomic E-state index is 0.0682. The molecule has 0 aliphatic carbocycles. The molecule has 1 amide bonds. The van der Waals surface area contributed by atoms with Gasteiger partial charge in [-0.3, -0.25) is 4.79 Å². The first kappa shape index (κ1) is 14.3. The summed E-state index contributed by atoms with van der Waals surface area (Å²) in [5.41, 5.74) is 2.27. The number of carbonyl (C=O) groups is 1. The summed E-state index contributed by atoms with van der Waals surface area (Å²) in [6, 6.07) is 5.93. The lowest BCUT2D eigenvalue weighted by atomic mass is 10.1. The first-order valence-corrected chi connectivity index (χ1v) is 6.21. The topological polar surface area (TPSA) is 38.3 Å². The highest BCUT2D eigenvalue weighted by molar-refractivity contribution is 5.77. The van der Waals surface area contributed by atoms with Crippen LogP contribution in [0.5, 0.6) is 5.75 Å². The molecule has 0 saturated heterocycles. The Morgan fingerprint density at radius 1 is 1.28 bits per heavy atom. The van der Waals surface area contributed by atoms with Crippen molar-refractivity contribution >= 4 is 5.91 Å². The first-order chi connectivity index (χ1) is 8.61. The molecule has 1 N–H and O–H groups in total. The zero-order valence-corrected chi connectivity index (χ0v) is 11.3. The second-order valence-electron chi connectivity index (χ2n) is 4.32. The van der Waals surface area contributed by atoms with Gasteiger partial charge in [-0.15, -0.1) is 0 Å². The molecular formula is C15H21NO2. The smallest absolute Gasteiger partial charge is 0.257 e. The minimum atomic E-state index is -0.0846. The van der Waals surface area contributed by atoms with Crippen LogP contribution in [0, 0.1) is 13.8 Å². The lowest BCUT2D eigenvalue weighted by Gasteiger charge is -2.08.